The Morgan fingerprint density at radius 3 is 2.56 bits per heavy atom. The predicted molar refractivity (Wildman–Crippen MR) is 114 cm³/mol. The Bertz CT molecular complexity index is 723. The fourth-order valence-electron chi connectivity index (χ4n) is 3.23. The van der Waals surface area contributed by atoms with E-state index >= 15 is 0 Å². The van der Waals surface area contributed by atoms with Crippen LogP contribution in [-0.2, 0) is 0 Å². The second-order valence-corrected chi connectivity index (χ2v) is 6.61. The lowest BCUT2D eigenvalue weighted by atomic mass is 9.96. The molecule has 0 atom stereocenters. The lowest BCUT2D eigenvalue weighted by Gasteiger charge is -2.22. The highest BCUT2D eigenvalue weighted by atomic mass is 19.1. The van der Waals surface area contributed by atoms with Crippen LogP contribution < -0.4 is 5.32 Å². The third-order valence-electron chi connectivity index (χ3n) is 4.69. The summed E-state index contributed by atoms with van der Waals surface area (Å²) in [6, 6.07) is 6.88. The monoisotopic (exact) mass is 368 g/mol. The van der Waals surface area contributed by atoms with E-state index in [0.29, 0.717) is 12.7 Å². The predicted octanol–water partition coefficient (Wildman–Crippen LogP) is 5.18. The van der Waals surface area contributed by atoms with Crippen molar-refractivity contribution >= 4 is 24.3 Å². The summed E-state index contributed by atoms with van der Waals surface area (Å²) in [5.74, 6) is -0.266. The standard InChI is InChI=1S/C22H29FN4/c1-4-25-22(18-10-12-19(23)13-11-18)17(2)21(14-15-24-3)27-16-26-20-8-6-5-7-9-20/h4,10-15,20,26H,3,5-9,16H2,1-2H3/b15-14-,22-17+,25-4?,27-21+. The first-order chi connectivity index (χ1) is 13.2. The van der Waals surface area contributed by atoms with E-state index in [0.717, 1.165) is 22.5 Å². The van der Waals surface area contributed by atoms with Crippen molar-refractivity contribution in [3.63, 3.8) is 0 Å². The Balaban J connectivity index is 2.28. The first-order valence-electron chi connectivity index (χ1n) is 9.51. The Kier molecular flexibility index (Phi) is 8.78. The molecule has 1 aliphatic carbocycles. The highest BCUT2D eigenvalue weighted by molar-refractivity contribution is 6.12. The first kappa shape index (κ1) is 20.9. The largest absolute Gasteiger partial charge is 0.296 e. The molecule has 4 nitrogen and oxygen atoms in total. The number of rotatable bonds is 8. The van der Waals surface area contributed by atoms with E-state index in [1.807, 2.05) is 19.9 Å². The summed E-state index contributed by atoms with van der Waals surface area (Å²) >= 11 is 0. The summed E-state index contributed by atoms with van der Waals surface area (Å²) in [4.78, 5) is 13.0. The van der Waals surface area contributed by atoms with E-state index in [-0.39, 0.29) is 5.82 Å². The van der Waals surface area contributed by atoms with Crippen LogP contribution in [0.3, 0.4) is 0 Å². The van der Waals surface area contributed by atoms with Crippen molar-refractivity contribution in [1.29, 1.82) is 0 Å². The molecule has 0 aromatic heterocycles. The van der Waals surface area contributed by atoms with E-state index in [9.17, 15) is 4.39 Å². The van der Waals surface area contributed by atoms with Crippen molar-refractivity contribution in [2.75, 3.05) is 6.67 Å². The molecule has 0 saturated heterocycles. The van der Waals surface area contributed by atoms with Crippen molar-refractivity contribution in [3.8, 4) is 0 Å². The van der Waals surface area contributed by atoms with Gasteiger partial charge in [0.15, 0.2) is 0 Å². The number of hydrogen-bond donors (Lipinski definition) is 1. The Hall–Kier alpha value is -2.40. The van der Waals surface area contributed by atoms with Crippen LogP contribution in [0.4, 0.5) is 4.39 Å². The zero-order chi connectivity index (χ0) is 19.5. The molecule has 0 unspecified atom stereocenters. The second kappa shape index (κ2) is 11.3. The van der Waals surface area contributed by atoms with Crippen LogP contribution in [0, 0.1) is 5.82 Å². The molecule has 1 aliphatic rings. The van der Waals surface area contributed by atoms with E-state index in [1.54, 1.807) is 24.5 Å². The molecule has 2 rings (SSSR count). The average Bonchev–Trinajstić information content (AvgIpc) is 2.70. The molecule has 27 heavy (non-hydrogen) atoms. The Labute approximate surface area is 161 Å². The van der Waals surface area contributed by atoms with Gasteiger partial charge in [-0.25, -0.2) is 4.39 Å². The van der Waals surface area contributed by atoms with Gasteiger partial charge in [-0.3, -0.25) is 20.3 Å². The van der Waals surface area contributed by atoms with Crippen LogP contribution >= 0.6 is 0 Å². The summed E-state index contributed by atoms with van der Waals surface area (Å²) in [7, 11) is 0. The molecule has 1 fully saturated rings. The number of aliphatic imine (C=N–C) groups is 3. The van der Waals surface area contributed by atoms with Gasteiger partial charge in [0.25, 0.3) is 0 Å². The van der Waals surface area contributed by atoms with Crippen molar-refractivity contribution in [2.24, 2.45) is 15.0 Å². The van der Waals surface area contributed by atoms with Gasteiger partial charge < -0.3 is 0 Å². The second-order valence-electron chi connectivity index (χ2n) is 6.61. The highest BCUT2D eigenvalue weighted by Gasteiger charge is 2.13. The SMILES string of the molecule is C=N\C=C/C(=N\CNC1CCCCC1)C(/C)=C(/N=CC)c1ccc(F)cc1. The lowest BCUT2D eigenvalue weighted by Crippen LogP contribution is -2.31. The molecule has 0 spiro atoms. The third kappa shape index (κ3) is 6.68. The summed E-state index contributed by atoms with van der Waals surface area (Å²) < 4.78 is 13.3. The maximum Gasteiger partial charge on any atom is 0.123 e. The van der Waals surface area contributed by atoms with Crippen molar-refractivity contribution < 1.29 is 4.39 Å². The van der Waals surface area contributed by atoms with Crippen molar-refractivity contribution in [1.82, 2.24) is 5.32 Å². The molecular weight excluding hydrogens is 339 g/mol. The molecule has 1 aromatic carbocycles. The number of allylic oxidation sites excluding steroid dienone is 2. The molecule has 0 bridgehead atoms. The summed E-state index contributed by atoms with van der Waals surface area (Å²) in [6.45, 7) is 7.88. The zero-order valence-electron chi connectivity index (χ0n) is 16.3. The zero-order valence-corrected chi connectivity index (χ0v) is 16.3. The first-order valence-corrected chi connectivity index (χ1v) is 9.51. The molecule has 144 valence electrons. The van der Waals surface area contributed by atoms with Gasteiger partial charge in [0.2, 0.25) is 0 Å². The molecule has 0 heterocycles. The summed E-state index contributed by atoms with van der Waals surface area (Å²) in [6.07, 6.45) is 11.5. The van der Waals surface area contributed by atoms with E-state index in [4.69, 9.17) is 4.99 Å². The fraction of sp³-hybridized carbons (Fsp3) is 0.409. The summed E-state index contributed by atoms with van der Waals surface area (Å²) in [5, 5.41) is 3.52. The lowest BCUT2D eigenvalue weighted by molar-refractivity contribution is 0.378. The number of halogens is 1. The maximum atomic E-state index is 13.3. The van der Waals surface area contributed by atoms with Gasteiger partial charge in [0, 0.05) is 29.6 Å². The third-order valence-corrected chi connectivity index (χ3v) is 4.69. The molecular formula is C22H29FN4. The van der Waals surface area contributed by atoms with Crippen LogP contribution in [0.1, 0.15) is 51.5 Å². The van der Waals surface area contributed by atoms with Crippen LogP contribution in [0.25, 0.3) is 5.70 Å². The fourth-order valence-corrected chi connectivity index (χ4v) is 3.23. The van der Waals surface area contributed by atoms with Gasteiger partial charge in [0.05, 0.1) is 18.1 Å². The smallest absolute Gasteiger partial charge is 0.123 e. The van der Waals surface area contributed by atoms with Gasteiger partial charge in [-0.05, 0) is 63.7 Å². The Morgan fingerprint density at radius 1 is 1.22 bits per heavy atom. The summed E-state index contributed by atoms with van der Waals surface area (Å²) in [5.41, 5.74) is 3.31. The van der Waals surface area contributed by atoms with Crippen molar-refractivity contribution in [2.45, 2.75) is 52.0 Å². The van der Waals surface area contributed by atoms with Gasteiger partial charge in [-0.2, -0.15) is 0 Å². The van der Waals surface area contributed by atoms with Gasteiger partial charge in [0.1, 0.15) is 5.82 Å². The van der Waals surface area contributed by atoms with Gasteiger partial charge >= 0.3 is 0 Å². The van der Waals surface area contributed by atoms with Gasteiger partial charge in [-0.15, -0.1) is 0 Å². The minimum Gasteiger partial charge on any atom is -0.296 e. The van der Waals surface area contributed by atoms with E-state index in [2.05, 4.69) is 22.0 Å². The molecule has 0 amide bonds. The molecule has 5 heteroatoms. The molecule has 1 aromatic rings. The number of nitrogens with zero attached hydrogens (tertiary/aromatic N) is 3. The number of hydrogen-bond acceptors (Lipinski definition) is 4. The van der Waals surface area contributed by atoms with Crippen LogP contribution in [0.2, 0.25) is 0 Å². The highest BCUT2D eigenvalue weighted by Crippen LogP contribution is 2.22. The minimum atomic E-state index is -0.266. The van der Waals surface area contributed by atoms with Crippen molar-refractivity contribution in [3.05, 3.63) is 53.5 Å². The molecule has 1 saturated carbocycles. The van der Waals surface area contributed by atoms with Gasteiger partial charge in [-0.1, -0.05) is 19.3 Å². The average molecular weight is 368 g/mol. The van der Waals surface area contributed by atoms with Crippen LogP contribution in [0.15, 0.2) is 57.1 Å². The van der Waals surface area contributed by atoms with Crippen LogP contribution in [0.5, 0.6) is 0 Å². The molecule has 1 N–H and O–H groups in total. The molecule has 0 radical (unpaired) electrons. The van der Waals surface area contributed by atoms with E-state index in [1.165, 1.54) is 44.2 Å². The topological polar surface area (TPSA) is 49.1 Å². The van der Waals surface area contributed by atoms with Crippen LogP contribution in [-0.4, -0.2) is 31.4 Å². The Morgan fingerprint density at radius 2 is 1.93 bits per heavy atom. The molecule has 0 aliphatic heterocycles. The minimum absolute atomic E-state index is 0.266. The number of benzene rings is 1. The number of nitrogens with one attached hydrogen (secondary N) is 1. The van der Waals surface area contributed by atoms with E-state index < -0.39 is 0 Å². The quantitative estimate of drug-likeness (QED) is 0.631. The maximum absolute atomic E-state index is 13.3. The normalized spacial score (nSPS) is 17.5.